The van der Waals surface area contributed by atoms with Crippen LogP contribution in [0.25, 0.3) is 0 Å². The van der Waals surface area contributed by atoms with Crippen LogP contribution in [0.2, 0.25) is 0 Å². The summed E-state index contributed by atoms with van der Waals surface area (Å²) in [6, 6.07) is 13.4. The summed E-state index contributed by atoms with van der Waals surface area (Å²) < 4.78 is 11.1. The molecule has 0 aromatic heterocycles. The Balaban J connectivity index is 2.27. The molecule has 0 amide bonds. The van der Waals surface area contributed by atoms with Crippen LogP contribution in [0.5, 0.6) is 11.5 Å². The molecule has 0 aliphatic rings. The summed E-state index contributed by atoms with van der Waals surface area (Å²) in [6.07, 6.45) is 0. The molecule has 0 atom stereocenters. The van der Waals surface area contributed by atoms with E-state index >= 15 is 0 Å². The number of rotatable bonds is 6. The normalized spacial score (nSPS) is 10.1. The molecule has 2 aromatic rings. The second-order valence-electron chi connectivity index (χ2n) is 4.24. The van der Waals surface area contributed by atoms with Gasteiger partial charge in [0.25, 0.3) is 0 Å². The van der Waals surface area contributed by atoms with Gasteiger partial charge in [-0.15, -0.1) is 0 Å². The highest BCUT2D eigenvalue weighted by Crippen LogP contribution is 2.34. The van der Waals surface area contributed by atoms with Crippen molar-refractivity contribution in [3.63, 3.8) is 0 Å². The molecule has 3 N–H and O–H groups in total. The number of nitrogens with two attached hydrogens (primary N) is 1. The Bertz CT molecular complexity index is 570. The number of hydrogen-bond donors (Lipinski definition) is 2. The van der Waals surface area contributed by atoms with Gasteiger partial charge in [-0.1, -0.05) is 12.1 Å². The lowest BCUT2D eigenvalue weighted by molar-refractivity contribution is 0.340. The molecule has 4 heteroatoms. The monoisotopic (exact) mass is 272 g/mol. The highest BCUT2D eigenvalue weighted by Gasteiger charge is 2.08. The van der Waals surface area contributed by atoms with Crippen molar-refractivity contribution in [2.75, 3.05) is 24.3 Å². The number of hydrogen-bond acceptors (Lipinski definition) is 4. The summed E-state index contributed by atoms with van der Waals surface area (Å²) in [4.78, 5) is 0. The minimum absolute atomic E-state index is 0.594. The van der Waals surface area contributed by atoms with Crippen LogP contribution in [0, 0.1) is 0 Å². The number of ether oxygens (including phenoxy) is 2. The Hall–Kier alpha value is -2.36. The predicted molar refractivity (Wildman–Crippen MR) is 82.9 cm³/mol. The summed E-state index contributed by atoms with van der Waals surface area (Å²) in [6.45, 7) is 5.14. The lowest BCUT2D eigenvalue weighted by atomic mass is 10.2. The summed E-state index contributed by atoms with van der Waals surface area (Å²) in [7, 11) is 0. The second kappa shape index (κ2) is 6.70. The summed E-state index contributed by atoms with van der Waals surface area (Å²) in [5.74, 6) is 1.57. The van der Waals surface area contributed by atoms with E-state index in [2.05, 4.69) is 5.32 Å². The fraction of sp³-hybridized carbons (Fsp3) is 0.250. The first-order valence-corrected chi connectivity index (χ1v) is 6.75. The van der Waals surface area contributed by atoms with E-state index in [1.54, 1.807) is 0 Å². The van der Waals surface area contributed by atoms with Crippen LogP contribution in [0.15, 0.2) is 42.5 Å². The van der Waals surface area contributed by atoms with Crippen LogP contribution in [0.1, 0.15) is 13.8 Å². The van der Waals surface area contributed by atoms with E-state index in [1.165, 1.54) is 0 Å². The molecule has 0 saturated carbocycles. The topological polar surface area (TPSA) is 56.5 Å². The van der Waals surface area contributed by atoms with Gasteiger partial charge in [0.1, 0.15) is 17.2 Å². The maximum atomic E-state index is 6.02. The molecule has 0 heterocycles. The molecule has 0 aliphatic carbocycles. The zero-order chi connectivity index (χ0) is 14.4. The van der Waals surface area contributed by atoms with Crippen molar-refractivity contribution in [1.29, 1.82) is 0 Å². The van der Waals surface area contributed by atoms with Crippen molar-refractivity contribution >= 4 is 17.1 Å². The molecule has 0 saturated heterocycles. The minimum atomic E-state index is 0.594. The standard InChI is InChI=1S/C16H20N2O2/c1-3-19-13-8-5-7-12(11-13)18-16-14(17)9-6-10-15(16)20-4-2/h5-11,18H,3-4,17H2,1-2H3. The first-order valence-electron chi connectivity index (χ1n) is 6.75. The summed E-state index contributed by atoms with van der Waals surface area (Å²) >= 11 is 0. The van der Waals surface area contributed by atoms with E-state index in [-0.39, 0.29) is 0 Å². The number of benzene rings is 2. The van der Waals surface area contributed by atoms with Crippen molar-refractivity contribution in [2.24, 2.45) is 0 Å². The molecule has 2 rings (SSSR count). The second-order valence-corrected chi connectivity index (χ2v) is 4.24. The Morgan fingerprint density at radius 2 is 1.75 bits per heavy atom. The predicted octanol–water partition coefficient (Wildman–Crippen LogP) is 3.81. The molecule has 20 heavy (non-hydrogen) atoms. The number of anilines is 3. The molecular weight excluding hydrogens is 252 g/mol. The molecule has 0 spiro atoms. The quantitative estimate of drug-likeness (QED) is 0.785. The summed E-state index contributed by atoms with van der Waals surface area (Å²) in [5.41, 5.74) is 8.37. The lowest BCUT2D eigenvalue weighted by Crippen LogP contribution is -2.01. The van der Waals surface area contributed by atoms with Crippen molar-refractivity contribution in [2.45, 2.75) is 13.8 Å². The van der Waals surface area contributed by atoms with Crippen molar-refractivity contribution in [3.8, 4) is 11.5 Å². The highest BCUT2D eigenvalue weighted by molar-refractivity contribution is 5.78. The van der Waals surface area contributed by atoms with Gasteiger partial charge < -0.3 is 20.5 Å². The number of nitrogens with one attached hydrogen (secondary N) is 1. The van der Waals surface area contributed by atoms with Gasteiger partial charge >= 0.3 is 0 Å². The molecule has 0 radical (unpaired) electrons. The first kappa shape index (κ1) is 14.1. The third kappa shape index (κ3) is 3.35. The Morgan fingerprint density at radius 3 is 2.50 bits per heavy atom. The van der Waals surface area contributed by atoms with Crippen molar-refractivity contribution < 1.29 is 9.47 Å². The lowest BCUT2D eigenvalue weighted by Gasteiger charge is -2.15. The van der Waals surface area contributed by atoms with Crippen LogP contribution in [-0.2, 0) is 0 Å². The zero-order valence-corrected chi connectivity index (χ0v) is 11.8. The van der Waals surface area contributed by atoms with E-state index in [0.29, 0.717) is 18.9 Å². The maximum absolute atomic E-state index is 6.02. The number of para-hydroxylation sites is 1. The highest BCUT2D eigenvalue weighted by atomic mass is 16.5. The average Bonchev–Trinajstić information content (AvgIpc) is 2.44. The van der Waals surface area contributed by atoms with Gasteiger partial charge in [0, 0.05) is 11.8 Å². The Morgan fingerprint density at radius 1 is 1.00 bits per heavy atom. The first-order chi connectivity index (χ1) is 9.74. The Labute approximate surface area is 119 Å². The largest absolute Gasteiger partial charge is 0.494 e. The van der Waals surface area contributed by atoms with Gasteiger partial charge in [0.15, 0.2) is 0 Å². The fourth-order valence-electron chi connectivity index (χ4n) is 1.93. The molecule has 106 valence electrons. The molecule has 0 bridgehead atoms. The van der Waals surface area contributed by atoms with E-state index < -0.39 is 0 Å². The Kier molecular flexibility index (Phi) is 4.71. The molecule has 4 nitrogen and oxygen atoms in total. The van der Waals surface area contributed by atoms with Crippen molar-refractivity contribution in [3.05, 3.63) is 42.5 Å². The smallest absolute Gasteiger partial charge is 0.144 e. The third-order valence-electron chi connectivity index (χ3n) is 2.77. The molecule has 2 aromatic carbocycles. The van der Waals surface area contributed by atoms with Gasteiger partial charge in [-0.25, -0.2) is 0 Å². The van der Waals surface area contributed by atoms with Crippen molar-refractivity contribution in [1.82, 2.24) is 0 Å². The molecule has 0 unspecified atom stereocenters. The van der Waals surface area contributed by atoms with Gasteiger partial charge in [0.05, 0.1) is 18.9 Å². The minimum Gasteiger partial charge on any atom is -0.494 e. The summed E-state index contributed by atoms with van der Waals surface area (Å²) in [5, 5.41) is 3.29. The van der Waals surface area contributed by atoms with Crippen LogP contribution in [0.4, 0.5) is 17.1 Å². The van der Waals surface area contributed by atoms with E-state index in [9.17, 15) is 0 Å². The van der Waals surface area contributed by atoms with E-state index in [0.717, 1.165) is 22.9 Å². The van der Waals surface area contributed by atoms with Crippen LogP contribution < -0.4 is 20.5 Å². The fourth-order valence-corrected chi connectivity index (χ4v) is 1.93. The van der Waals surface area contributed by atoms with Gasteiger partial charge in [-0.2, -0.15) is 0 Å². The van der Waals surface area contributed by atoms with Gasteiger partial charge in [-0.3, -0.25) is 0 Å². The van der Waals surface area contributed by atoms with Gasteiger partial charge in [0.2, 0.25) is 0 Å². The van der Waals surface area contributed by atoms with Gasteiger partial charge in [-0.05, 0) is 38.1 Å². The average molecular weight is 272 g/mol. The van der Waals surface area contributed by atoms with Crippen LogP contribution >= 0.6 is 0 Å². The number of nitrogen functional groups attached to an aromatic ring is 1. The maximum Gasteiger partial charge on any atom is 0.144 e. The van der Waals surface area contributed by atoms with Crippen LogP contribution in [-0.4, -0.2) is 13.2 Å². The van der Waals surface area contributed by atoms with E-state index in [1.807, 2.05) is 56.3 Å². The zero-order valence-electron chi connectivity index (χ0n) is 11.8. The third-order valence-corrected chi connectivity index (χ3v) is 2.77. The van der Waals surface area contributed by atoms with E-state index in [4.69, 9.17) is 15.2 Å². The molecule has 0 aliphatic heterocycles. The molecule has 0 fully saturated rings. The van der Waals surface area contributed by atoms with Crippen LogP contribution in [0.3, 0.4) is 0 Å². The molecular formula is C16H20N2O2. The SMILES string of the molecule is CCOc1cccc(Nc2c(N)cccc2OCC)c1.